The fourth-order valence-corrected chi connectivity index (χ4v) is 4.01. The number of para-hydroxylation sites is 1. The lowest BCUT2D eigenvalue weighted by atomic mass is 10.0. The molecule has 0 aliphatic carbocycles. The van der Waals surface area contributed by atoms with Gasteiger partial charge in [-0.15, -0.1) is 11.3 Å². The van der Waals surface area contributed by atoms with Crippen LogP contribution < -0.4 is 15.4 Å². The summed E-state index contributed by atoms with van der Waals surface area (Å²) in [5.41, 5.74) is 3.99. The Labute approximate surface area is 185 Å². The monoisotopic (exact) mass is 436 g/mol. The van der Waals surface area contributed by atoms with Crippen LogP contribution in [0.4, 0.5) is 10.5 Å². The molecule has 0 bridgehead atoms. The van der Waals surface area contributed by atoms with Crippen LogP contribution in [0.1, 0.15) is 28.9 Å². The van der Waals surface area contributed by atoms with Gasteiger partial charge in [0.1, 0.15) is 12.4 Å². The number of nitrogens with zero attached hydrogens (tertiary/aromatic N) is 2. The number of urea groups is 1. The molecular weight excluding hydrogens is 412 g/mol. The Hall–Kier alpha value is -3.39. The number of nitrogens with one attached hydrogen (secondary N) is 2. The van der Waals surface area contributed by atoms with Crippen LogP contribution in [0.25, 0.3) is 0 Å². The molecule has 1 aliphatic rings. The number of amides is 3. The quantitative estimate of drug-likeness (QED) is 0.608. The first-order chi connectivity index (χ1) is 15.2. The average molecular weight is 437 g/mol. The number of thiazole rings is 1. The molecule has 2 aromatic carbocycles. The van der Waals surface area contributed by atoms with Crippen LogP contribution in [0.5, 0.6) is 5.75 Å². The van der Waals surface area contributed by atoms with Gasteiger partial charge in [0.05, 0.1) is 11.2 Å². The third kappa shape index (κ3) is 5.82. The van der Waals surface area contributed by atoms with E-state index in [-0.39, 0.29) is 18.0 Å². The smallest absolute Gasteiger partial charge is 0.319 e. The van der Waals surface area contributed by atoms with Gasteiger partial charge in [-0.2, -0.15) is 0 Å². The molecule has 0 unspecified atom stereocenters. The number of likely N-dealkylation sites (tertiary alicyclic amines) is 1. The minimum Gasteiger partial charge on any atom is -0.487 e. The summed E-state index contributed by atoms with van der Waals surface area (Å²) in [7, 11) is 0. The van der Waals surface area contributed by atoms with Crippen LogP contribution in [0.2, 0.25) is 0 Å². The molecule has 2 N–H and O–H groups in total. The largest absolute Gasteiger partial charge is 0.487 e. The zero-order valence-electron chi connectivity index (χ0n) is 17.0. The van der Waals surface area contributed by atoms with Crippen LogP contribution in [0, 0.1) is 0 Å². The van der Waals surface area contributed by atoms with Crippen molar-refractivity contribution in [3.63, 3.8) is 0 Å². The number of hydrogen-bond donors (Lipinski definition) is 2. The van der Waals surface area contributed by atoms with Gasteiger partial charge in [0.15, 0.2) is 0 Å². The number of carbonyl (C=O) groups is 2. The van der Waals surface area contributed by atoms with E-state index in [0.717, 1.165) is 11.4 Å². The maximum Gasteiger partial charge on any atom is 0.319 e. The number of rotatable bonds is 6. The van der Waals surface area contributed by atoms with Crippen molar-refractivity contribution in [2.24, 2.45) is 0 Å². The summed E-state index contributed by atoms with van der Waals surface area (Å²) in [4.78, 5) is 31.1. The summed E-state index contributed by atoms with van der Waals surface area (Å²) in [6.45, 7) is 1.57. The molecule has 0 atom stereocenters. The predicted octanol–water partition coefficient (Wildman–Crippen LogP) is 4.15. The molecule has 1 saturated heterocycles. The maximum atomic E-state index is 12.9. The number of hydrogen-bond acceptors (Lipinski definition) is 5. The molecule has 8 heteroatoms. The molecule has 1 fully saturated rings. The number of benzene rings is 2. The van der Waals surface area contributed by atoms with Crippen LogP contribution >= 0.6 is 11.3 Å². The Morgan fingerprint density at radius 2 is 1.90 bits per heavy atom. The van der Waals surface area contributed by atoms with Gasteiger partial charge < -0.3 is 20.3 Å². The van der Waals surface area contributed by atoms with Crippen molar-refractivity contribution < 1.29 is 14.3 Å². The molecule has 3 amide bonds. The molecule has 2 heterocycles. The SMILES string of the molecule is O=C(Nc1ccccc1)NC1CCN(C(=O)c2cccc(OCc3cscn3)c2)CC1. The molecule has 1 aromatic heterocycles. The maximum absolute atomic E-state index is 12.9. The highest BCUT2D eigenvalue weighted by molar-refractivity contribution is 7.07. The molecule has 160 valence electrons. The van der Waals surface area contributed by atoms with Crippen molar-refractivity contribution in [3.05, 3.63) is 76.7 Å². The zero-order chi connectivity index (χ0) is 21.5. The highest BCUT2D eigenvalue weighted by atomic mass is 32.1. The number of anilines is 1. The van der Waals surface area contributed by atoms with Crippen molar-refractivity contribution in [1.29, 1.82) is 0 Å². The molecule has 0 spiro atoms. The third-order valence-corrected chi connectivity index (χ3v) is 5.74. The molecule has 4 rings (SSSR count). The summed E-state index contributed by atoms with van der Waals surface area (Å²) < 4.78 is 5.76. The van der Waals surface area contributed by atoms with Crippen molar-refractivity contribution in [2.45, 2.75) is 25.5 Å². The lowest BCUT2D eigenvalue weighted by Crippen LogP contribution is -2.47. The van der Waals surface area contributed by atoms with Gasteiger partial charge in [0.25, 0.3) is 5.91 Å². The average Bonchev–Trinajstić information content (AvgIpc) is 3.32. The van der Waals surface area contributed by atoms with Gasteiger partial charge >= 0.3 is 6.03 Å². The molecule has 0 saturated carbocycles. The second kappa shape index (κ2) is 10.1. The molecule has 1 aliphatic heterocycles. The summed E-state index contributed by atoms with van der Waals surface area (Å²) in [6.07, 6.45) is 1.43. The van der Waals surface area contributed by atoms with Crippen LogP contribution in [-0.2, 0) is 6.61 Å². The lowest BCUT2D eigenvalue weighted by molar-refractivity contribution is 0.0708. The highest BCUT2D eigenvalue weighted by Gasteiger charge is 2.25. The third-order valence-electron chi connectivity index (χ3n) is 5.10. The summed E-state index contributed by atoms with van der Waals surface area (Å²) in [5.74, 6) is 0.624. The van der Waals surface area contributed by atoms with Crippen molar-refractivity contribution in [2.75, 3.05) is 18.4 Å². The van der Waals surface area contributed by atoms with Crippen LogP contribution in [0.3, 0.4) is 0 Å². The Morgan fingerprint density at radius 3 is 2.65 bits per heavy atom. The summed E-state index contributed by atoms with van der Waals surface area (Å²) in [6, 6.07) is 16.4. The second-order valence-corrected chi connectivity index (χ2v) is 8.05. The normalized spacial score (nSPS) is 14.1. The second-order valence-electron chi connectivity index (χ2n) is 7.33. The Bertz CT molecular complexity index is 1000. The highest BCUT2D eigenvalue weighted by Crippen LogP contribution is 2.19. The van der Waals surface area contributed by atoms with Crippen molar-refractivity contribution in [1.82, 2.24) is 15.2 Å². The standard InChI is InChI=1S/C23H24N4O3S/c28-22(17-5-4-8-21(13-17)30-14-20-15-31-16-24-20)27-11-9-19(10-12-27)26-23(29)25-18-6-2-1-3-7-18/h1-8,13,15-16,19H,9-12,14H2,(H2,25,26,29). The van der Waals surface area contributed by atoms with Crippen molar-refractivity contribution in [3.8, 4) is 5.75 Å². The topological polar surface area (TPSA) is 83.6 Å². The van der Waals surface area contributed by atoms with Gasteiger partial charge in [-0.25, -0.2) is 9.78 Å². The fourth-order valence-electron chi connectivity index (χ4n) is 3.47. The van der Waals surface area contributed by atoms with Gasteiger partial charge in [-0.3, -0.25) is 4.79 Å². The molecular formula is C23H24N4O3S. The first-order valence-corrected chi connectivity index (χ1v) is 11.1. The van der Waals surface area contributed by atoms with Gasteiger partial charge in [-0.05, 0) is 43.2 Å². The zero-order valence-corrected chi connectivity index (χ0v) is 17.8. The number of aromatic nitrogens is 1. The van der Waals surface area contributed by atoms with Crippen LogP contribution in [0.15, 0.2) is 65.5 Å². The van der Waals surface area contributed by atoms with E-state index < -0.39 is 0 Å². The van der Waals surface area contributed by atoms with Crippen molar-refractivity contribution >= 4 is 29.0 Å². The molecule has 31 heavy (non-hydrogen) atoms. The van der Waals surface area contributed by atoms with E-state index >= 15 is 0 Å². The number of piperidine rings is 1. The fraction of sp³-hybridized carbons (Fsp3) is 0.261. The first kappa shape index (κ1) is 20.9. The van der Waals surface area contributed by atoms with Gasteiger partial charge in [0, 0.05) is 35.8 Å². The molecule has 0 radical (unpaired) electrons. The van der Waals surface area contributed by atoms with E-state index in [1.807, 2.05) is 52.7 Å². The number of ether oxygens (including phenoxy) is 1. The Balaban J connectivity index is 1.26. The van der Waals surface area contributed by atoms with Crippen LogP contribution in [-0.4, -0.2) is 41.0 Å². The summed E-state index contributed by atoms with van der Waals surface area (Å²) in [5, 5.41) is 7.76. The molecule has 7 nitrogen and oxygen atoms in total. The minimum atomic E-state index is -0.221. The predicted molar refractivity (Wildman–Crippen MR) is 120 cm³/mol. The lowest BCUT2D eigenvalue weighted by Gasteiger charge is -2.32. The van der Waals surface area contributed by atoms with E-state index in [9.17, 15) is 9.59 Å². The summed E-state index contributed by atoms with van der Waals surface area (Å²) >= 11 is 1.52. The van der Waals surface area contributed by atoms with Gasteiger partial charge in [-0.1, -0.05) is 24.3 Å². The van der Waals surface area contributed by atoms with E-state index in [0.29, 0.717) is 43.9 Å². The number of carbonyl (C=O) groups excluding carboxylic acids is 2. The van der Waals surface area contributed by atoms with E-state index in [4.69, 9.17) is 4.74 Å². The van der Waals surface area contributed by atoms with E-state index in [1.165, 1.54) is 11.3 Å². The van der Waals surface area contributed by atoms with Gasteiger partial charge in [0.2, 0.25) is 0 Å². The van der Waals surface area contributed by atoms with E-state index in [2.05, 4.69) is 15.6 Å². The Kier molecular flexibility index (Phi) is 6.78. The van der Waals surface area contributed by atoms with E-state index in [1.54, 1.807) is 17.6 Å². The Morgan fingerprint density at radius 1 is 1.10 bits per heavy atom. The molecule has 3 aromatic rings. The first-order valence-electron chi connectivity index (χ1n) is 10.2. The minimum absolute atomic E-state index is 0.0219.